The average molecular weight is 239 g/mol. The Labute approximate surface area is 95.7 Å². The third-order valence-corrected chi connectivity index (χ3v) is 1.76. The number of hydrogen-bond acceptors (Lipinski definition) is 7. The van der Waals surface area contributed by atoms with E-state index in [9.17, 15) is 20.2 Å². The molecule has 0 amide bonds. The molecule has 0 aliphatic rings. The Bertz CT molecular complexity index is 453. The van der Waals surface area contributed by atoms with E-state index < -0.39 is 21.2 Å². The summed E-state index contributed by atoms with van der Waals surface area (Å²) in [6.45, 7) is 0. The molecule has 0 atom stereocenters. The lowest BCUT2D eigenvalue weighted by Crippen LogP contribution is -2.05. The van der Waals surface area contributed by atoms with Gasteiger partial charge in [-0.1, -0.05) is 0 Å². The Hall–Kier alpha value is -2.58. The van der Waals surface area contributed by atoms with Gasteiger partial charge in [0.25, 0.3) is 0 Å². The van der Waals surface area contributed by atoms with Gasteiger partial charge in [0.2, 0.25) is 0 Å². The van der Waals surface area contributed by atoms with Gasteiger partial charge in [-0.2, -0.15) is 5.10 Å². The zero-order valence-electron chi connectivity index (χ0n) is 9.10. The quantitative estimate of drug-likeness (QED) is 0.435. The highest BCUT2D eigenvalue weighted by molar-refractivity contribution is 5.90. The number of nitrogens with zero attached hydrogens (tertiary/aromatic N) is 5. The van der Waals surface area contributed by atoms with Gasteiger partial charge in [0.15, 0.2) is 5.56 Å². The lowest BCUT2D eigenvalue weighted by atomic mass is 10.2. The highest BCUT2D eigenvalue weighted by atomic mass is 16.6. The van der Waals surface area contributed by atoms with Gasteiger partial charge in [-0.05, 0) is 0 Å². The molecule has 17 heavy (non-hydrogen) atoms. The summed E-state index contributed by atoms with van der Waals surface area (Å²) in [6, 6.07) is 0. The van der Waals surface area contributed by atoms with E-state index in [0.29, 0.717) is 0 Å². The summed E-state index contributed by atoms with van der Waals surface area (Å²) >= 11 is 0. The molecule has 1 rings (SSSR count). The van der Waals surface area contributed by atoms with Gasteiger partial charge in [0.05, 0.1) is 16.1 Å². The maximum absolute atomic E-state index is 10.7. The van der Waals surface area contributed by atoms with Crippen LogP contribution in [0.15, 0.2) is 17.5 Å². The third-order valence-electron chi connectivity index (χ3n) is 1.76. The summed E-state index contributed by atoms with van der Waals surface area (Å²) in [6.07, 6.45) is 2.96. The molecule has 0 fully saturated rings. The Morgan fingerprint density at radius 3 is 2.06 bits per heavy atom. The van der Waals surface area contributed by atoms with Crippen LogP contribution in [0.5, 0.6) is 0 Å². The van der Waals surface area contributed by atoms with Crippen LogP contribution in [-0.2, 0) is 0 Å². The van der Waals surface area contributed by atoms with Crippen molar-refractivity contribution in [3.05, 3.63) is 38.2 Å². The van der Waals surface area contributed by atoms with Gasteiger partial charge in [0, 0.05) is 14.1 Å². The molecule has 0 aliphatic heterocycles. The zero-order chi connectivity index (χ0) is 13.0. The second-order valence-electron chi connectivity index (χ2n) is 3.20. The molecule has 0 spiro atoms. The van der Waals surface area contributed by atoms with Crippen molar-refractivity contribution in [2.24, 2.45) is 5.10 Å². The molecule has 1 heterocycles. The number of hydrazone groups is 1. The molecule has 1 aromatic heterocycles. The van der Waals surface area contributed by atoms with E-state index in [0.717, 1.165) is 18.6 Å². The van der Waals surface area contributed by atoms with Gasteiger partial charge in [-0.25, -0.2) is 0 Å². The first-order valence-corrected chi connectivity index (χ1v) is 4.41. The molecule has 1 aromatic rings. The molecule has 0 saturated heterocycles. The monoisotopic (exact) mass is 239 g/mol. The number of pyridine rings is 1. The first kappa shape index (κ1) is 12.5. The van der Waals surface area contributed by atoms with Crippen LogP contribution in [0.4, 0.5) is 11.4 Å². The minimum atomic E-state index is -0.739. The second kappa shape index (κ2) is 4.96. The summed E-state index contributed by atoms with van der Waals surface area (Å²) in [5.74, 6) is 0. The summed E-state index contributed by atoms with van der Waals surface area (Å²) in [5, 5.41) is 26.5. The minimum absolute atomic E-state index is 0.177. The van der Waals surface area contributed by atoms with Crippen LogP contribution in [0.2, 0.25) is 0 Å². The van der Waals surface area contributed by atoms with Crippen LogP contribution in [0.3, 0.4) is 0 Å². The van der Waals surface area contributed by atoms with Crippen molar-refractivity contribution in [3.63, 3.8) is 0 Å². The highest BCUT2D eigenvalue weighted by Gasteiger charge is 2.24. The molecule has 0 bridgehead atoms. The van der Waals surface area contributed by atoms with Gasteiger partial charge < -0.3 is 5.01 Å². The van der Waals surface area contributed by atoms with E-state index in [2.05, 4.69) is 10.1 Å². The predicted molar refractivity (Wildman–Crippen MR) is 58.8 cm³/mol. The maximum atomic E-state index is 10.7. The molecule has 9 heteroatoms. The normalized spacial score (nSPS) is 10.5. The van der Waals surface area contributed by atoms with Gasteiger partial charge in [-0.3, -0.25) is 25.2 Å². The van der Waals surface area contributed by atoms with Crippen LogP contribution < -0.4 is 0 Å². The molecule has 0 aromatic carbocycles. The Balaban J connectivity index is 3.38. The summed E-state index contributed by atoms with van der Waals surface area (Å²) in [7, 11) is 3.19. The fraction of sp³-hybridized carbons (Fsp3) is 0.250. The lowest BCUT2D eigenvalue weighted by Gasteiger charge is -2.03. The standard InChI is InChI=1S/C8H9N5O4/c1-11(2)10-3-6-7(12(14)15)4-9-5-8(6)13(16)17/h3-5H,1-2H3/b10-3+. The molecule has 0 aliphatic carbocycles. The summed E-state index contributed by atoms with van der Waals surface area (Å²) in [4.78, 5) is 23.4. The van der Waals surface area contributed by atoms with E-state index in [1.165, 1.54) is 5.01 Å². The molecular formula is C8H9N5O4. The van der Waals surface area contributed by atoms with Crippen molar-refractivity contribution in [2.75, 3.05) is 14.1 Å². The Morgan fingerprint density at radius 2 is 1.71 bits per heavy atom. The summed E-state index contributed by atoms with van der Waals surface area (Å²) < 4.78 is 0. The topological polar surface area (TPSA) is 115 Å². The zero-order valence-corrected chi connectivity index (χ0v) is 9.10. The van der Waals surface area contributed by atoms with Crippen molar-refractivity contribution in [2.45, 2.75) is 0 Å². The fourth-order valence-corrected chi connectivity index (χ4v) is 1.05. The Kier molecular flexibility index (Phi) is 3.65. The van der Waals surface area contributed by atoms with Crippen molar-refractivity contribution in [1.82, 2.24) is 9.99 Å². The SMILES string of the molecule is CN(C)/N=C/c1c([N+](=O)[O-])cncc1[N+](=O)[O-]. The van der Waals surface area contributed by atoms with Crippen LogP contribution in [0.25, 0.3) is 0 Å². The number of hydrogen-bond donors (Lipinski definition) is 0. The van der Waals surface area contributed by atoms with E-state index >= 15 is 0 Å². The number of rotatable bonds is 4. The van der Waals surface area contributed by atoms with Gasteiger partial charge in [-0.15, -0.1) is 0 Å². The van der Waals surface area contributed by atoms with Crippen LogP contribution in [0, 0.1) is 20.2 Å². The molecule has 0 saturated carbocycles. The second-order valence-corrected chi connectivity index (χ2v) is 3.20. The van der Waals surface area contributed by atoms with Crippen LogP contribution in [-0.4, -0.2) is 40.1 Å². The van der Waals surface area contributed by atoms with Crippen LogP contribution in [0.1, 0.15) is 5.56 Å². The molecule has 0 unspecified atom stereocenters. The first-order chi connectivity index (χ1) is 7.93. The number of aromatic nitrogens is 1. The molecule has 0 N–H and O–H groups in total. The highest BCUT2D eigenvalue weighted by Crippen LogP contribution is 2.24. The third kappa shape index (κ3) is 2.93. The van der Waals surface area contributed by atoms with E-state index in [4.69, 9.17) is 0 Å². The fourth-order valence-electron chi connectivity index (χ4n) is 1.05. The van der Waals surface area contributed by atoms with Crippen molar-refractivity contribution >= 4 is 17.6 Å². The smallest absolute Gasteiger partial charge is 0.303 e. The van der Waals surface area contributed by atoms with Crippen molar-refractivity contribution in [1.29, 1.82) is 0 Å². The van der Waals surface area contributed by atoms with E-state index in [1.54, 1.807) is 14.1 Å². The lowest BCUT2D eigenvalue weighted by molar-refractivity contribution is -0.394. The number of nitro groups is 2. The van der Waals surface area contributed by atoms with Crippen molar-refractivity contribution < 1.29 is 9.85 Å². The molecule has 90 valence electrons. The molecule has 9 nitrogen and oxygen atoms in total. The molecular weight excluding hydrogens is 230 g/mol. The van der Waals surface area contributed by atoms with E-state index in [-0.39, 0.29) is 5.56 Å². The van der Waals surface area contributed by atoms with Gasteiger partial charge in [0.1, 0.15) is 12.4 Å². The Morgan fingerprint density at radius 1 is 1.24 bits per heavy atom. The predicted octanol–water partition coefficient (Wildman–Crippen LogP) is 0.793. The largest absolute Gasteiger partial charge is 0.303 e. The first-order valence-electron chi connectivity index (χ1n) is 4.41. The van der Waals surface area contributed by atoms with Crippen LogP contribution >= 0.6 is 0 Å². The van der Waals surface area contributed by atoms with Crippen molar-refractivity contribution in [3.8, 4) is 0 Å². The van der Waals surface area contributed by atoms with E-state index in [1.807, 2.05) is 0 Å². The minimum Gasteiger partial charge on any atom is -0.303 e. The average Bonchev–Trinajstić information content (AvgIpc) is 2.25. The summed E-state index contributed by atoms with van der Waals surface area (Å²) in [5.41, 5.74) is -1.08. The van der Waals surface area contributed by atoms with Gasteiger partial charge >= 0.3 is 11.4 Å². The molecule has 0 radical (unpaired) electrons. The maximum Gasteiger partial charge on any atom is 0.303 e.